The number of hydrogen-bond donors (Lipinski definition) is 1. The van der Waals surface area contributed by atoms with Gasteiger partial charge in [-0.1, -0.05) is 6.07 Å². The van der Waals surface area contributed by atoms with E-state index >= 15 is 0 Å². The van der Waals surface area contributed by atoms with Crippen LogP contribution in [0.2, 0.25) is 0 Å². The largest absolute Gasteiger partial charge is 0.494 e. The summed E-state index contributed by atoms with van der Waals surface area (Å²) in [5.74, 6) is 0.698. The number of hydrogen-bond acceptors (Lipinski definition) is 3. The van der Waals surface area contributed by atoms with Crippen LogP contribution in [0.4, 0.5) is 0 Å². The van der Waals surface area contributed by atoms with Crippen molar-refractivity contribution >= 4 is 10.9 Å². The number of methoxy groups -OCH3 is 1. The SMILES string of the molecule is COc1cc(C(C)O)cc2cccnc12. The van der Waals surface area contributed by atoms with Gasteiger partial charge in [-0.05, 0) is 30.7 Å². The fraction of sp³-hybridized carbons (Fsp3) is 0.250. The first kappa shape index (κ1) is 9.93. The van der Waals surface area contributed by atoms with E-state index in [9.17, 15) is 5.11 Å². The van der Waals surface area contributed by atoms with Crippen molar-refractivity contribution in [1.82, 2.24) is 4.98 Å². The monoisotopic (exact) mass is 203 g/mol. The van der Waals surface area contributed by atoms with Crippen molar-refractivity contribution in [2.75, 3.05) is 7.11 Å². The second kappa shape index (κ2) is 3.87. The lowest BCUT2D eigenvalue weighted by Crippen LogP contribution is -1.94. The zero-order valence-corrected chi connectivity index (χ0v) is 8.77. The summed E-state index contributed by atoms with van der Waals surface area (Å²) >= 11 is 0. The zero-order valence-electron chi connectivity index (χ0n) is 8.77. The van der Waals surface area contributed by atoms with E-state index in [1.165, 1.54) is 0 Å². The van der Waals surface area contributed by atoms with Crippen molar-refractivity contribution in [2.24, 2.45) is 0 Å². The van der Waals surface area contributed by atoms with Gasteiger partial charge in [0.1, 0.15) is 11.3 Å². The number of benzene rings is 1. The van der Waals surface area contributed by atoms with E-state index in [4.69, 9.17) is 4.74 Å². The van der Waals surface area contributed by atoms with Gasteiger partial charge in [-0.2, -0.15) is 0 Å². The fourth-order valence-corrected chi connectivity index (χ4v) is 1.58. The zero-order chi connectivity index (χ0) is 10.8. The van der Waals surface area contributed by atoms with Gasteiger partial charge in [-0.3, -0.25) is 4.98 Å². The van der Waals surface area contributed by atoms with Crippen LogP contribution in [0.15, 0.2) is 30.5 Å². The third kappa shape index (κ3) is 1.78. The molecule has 1 atom stereocenters. The maximum Gasteiger partial charge on any atom is 0.145 e. The Hall–Kier alpha value is -1.61. The lowest BCUT2D eigenvalue weighted by molar-refractivity contribution is 0.199. The number of fused-ring (bicyclic) bond motifs is 1. The van der Waals surface area contributed by atoms with E-state index < -0.39 is 6.10 Å². The van der Waals surface area contributed by atoms with Gasteiger partial charge < -0.3 is 9.84 Å². The number of rotatable bonds is 2. The maximum absolute atomic E-state index is 9.53. The van der Waals surface area contributed by atoms with E-state index in [1.807, 2.05) is 24.3 Å². The molecule has 0 saturated carbocycles. The number of aliphatic hydroxyl groups is 1. The Morgan fingerprint density at radius 1 is 1.40 bits per heavy atom. The molecule has 1 N–H and O–H groups in total. The highest BCUT2D eigenvalue weighted by Gasteiger charge is 2.08. The first-order valence-electron chi connectivity index (χ1n) is 4.83. The van der Waals surface area contributed by atoms with Crippen LogP contribution in [-0.2, 0) is 0 Å². The van der Waals surface area contributed by atoms with Gasteiger partial charge in [0.05, 0.1) is 13.2 Å². The molecule has 1 unspecified atom stereocenters. The van der Waals surface area contributed by atoms with Gasteiger partial charge in [0.25, 0.3) is 0 Å². The first-order valence-corrected chi connectivity index (χ1v) is 4.83. The Labute approximate surface area is 88.3 Å². The third-order valence-electron chi connectivity index (χ3n) is 2.39. The van der Waals surface area contributed by atoms with Crippen LogP contribution in [0.25, 0.3) is 10.9 Å². The van der Waals surface area contributed by atoms with Crippen molar-refractivity contribution in [3.8, 4) is 5.75 Å². The molecule has 1 aromatic heterocycles. The molecule has 0 bridgehead atoms. The predicted molar refractivity (Wildman–Crippen MR) is 58.9 cm³/mol. The lowest BCUT2D eigenvalue weighted by atomic mass is 10.1. The van der Waals surface area contributed by atoms with Gasteiger partial charge in [0.15, 0.2) is 0 Å². The molecule has 0 fully saturated rings. The third-order valence-corrected chi connectivity index (χ3v) is 2.39. The van der Waals surface area contributed by atoms with Gasteiger partial charge in [-0.15, -0.1) is 0 Å². The van der Waals surface area contributed by atoms with Crippen molar-refractivity contribution in [3.63, 3.8) is 0 Å². The number of aliphatic hydroxyl groups excluding tert-OH is 1. The fourth-order valence-electron chi connectivity index (χ4n) is 1.58. The Morgan fingerprint density at radius 2 is 2.20 bits per heavy atom. The molecular formula is C12H13NO2. The predicted octanol–water partition coefficient (Wildman–Crippen LogP) is 2.30. The van der Waals surface area contributed by atoms with Gasteiger partial charge in [-0.25, -0.2) is 0 Å². The van der Waals surface area contributed by atoms with Gasteiger partial charge >= 0.3 is 0 Å². The molecule has 1 aromatic carbocycles. The van der Waals surface area contributed by atoms with Gasteiger partial charge in [0, 0.05) is 11.6 Å². The second-order valence-corrected chi connectivity index (χ2v) is 3.47. The number of pyridine rings is 1. The summed E-state index contributed by atoms with van der Waals surface area (Å²) in [6, 6.07) is 7.57. The number of nitrogens with zero attached hydrogens (tertiary/aromatic N) is 1. The molecule has 0 spiro atoms. The minimum absolute atomic E-state index is 0.497. The lowest BCUT2D eigenvalue weighted by Gasteiger charge is -2.10. The average Bonchev–Trinajstić information content (AvgIpc) is 2.27. The van der Waals surface area contributed by atoms with Crippen LogP contribution in [0.5, 0.6) is 5.75 Å². The molecule has 0 aliphatic carbocycles. The molecule has 3 nitrogen and oxygen atoms in total. The summed E-state index contributed by atoms with van der Waals surface area (Å²) in [5, 5.41) is 10.5. The summed E-state index contributed by atoms with van der Waals surface area (Å²) in [4.78, 5) is 4.25. The molecule has 3 heteroatoms. The molecule has 0 aliphatic heterocycles. The Kier molecular flexibility index (Phi) is 2.56. The second-order valence-electron chi connectivity index (χ2n) is 3.47. The van der Waals surface area contributed by atoms with Crippen molar-refractivity contribution < 1.29 is 9.84 Å². The molecule has 2 aromatic rings. The van der Waals surface area contributed by atoms with E-state index in [0.29, 0.717) is 5.75 Å². The van der Waals surface area contributed by atoms with Crippen LogP contribution >= 0.6 is 0 Å². The van der Waals surface area contributed by atoms with Crippen molar-refractivity contribution in [3.05, 3.63) is 36.0 Å². The molecule has 2 rings (SSSR count). The summed E-state index contributed by atoms with van der Waals surface area (Å²) in [6.45, 7) is 1.73. The highest BCUT2D eigenvalue weighted by molar-refractivity contribution is 5.85. The minimum atomic E-state index is -0.497. The molecule has 78 valence electrons. The molecule has 15 heavy (non-hydrogen) atoms. The van der Waals surface area contributed by atoms with Crippen molar-refractivity contribution in [1.29, 1.82) is 0 Å². The van der Waals surface area contributed by atoms with Crippen LogP contribution in [-0.4, -0.2) is 17.2 Å². The summed E-state index contributed by atoms with van der Waals surface area (Å²) < 4.78 is 5.24. The van der Waals surface area contributed by atoms with Gasteiger partial charge in [0.2, 0.25) is 0 Å². The Morgan fingerprint density at radius 3 is 2.87 bits per heavy atom. The van der Waals surface area contributed by atoms with Crippen LogP contribution in [0.3, 0.4) is 0 Å². The average molecular weight is 203 g/mol. The molecular weight excluding hydrogens is 190 g/mol. The minimum Gasteiger partial charge on any atom is -0.494 e. The van der Waals surface area contributed by atoms with E-state index in [1.54, 1.807) is 20.2 Å². The van der Waals surface area contributed by atoms with Crippen molar-refractivity contribution in [2.45, 2.75) is 13.0 Å². The summed E-state index contributed by atoms with van der Waals surface area (Å²) in [5.41, 5.74) is 1.66. The molecule has 0 radical (unpaired) electrons. The number of aromatic nitrogens is 1. The number of ether oxygens (including phenoxy) is 1. The Bertz CT molecular complexity index is 480. The van der Waals surface area contributed by atoms with Crippen LogP contribution < -0.4 is 4.74 Å². The van der Waals surface area contributed by atoms with E-state index in [2.05, 4.69) is 4.98 Å². The smallest absolute Gasteiger partial charge is 0.145 e. The molecule has 0 aliphatic rings. The molecule has 0 saturated heterocycles. The van der Waals surface area contributed by atoms with E-state index in [0.717, 1.165) is 16.5 Å². The first-order chi connectivity index (χ1) is 7.22. The maximum atomic E-state index is 9.53. The highest BCUT2D eigenvalue weighted by Crippen LogP contribution is 2.28. The summed E-state index contributed by atoms with van der Waals surface area (Å²) in [6.07, 6.45) is 1.23. The molecule has 0 amide bonds. The standard InChI is InChI=1S/C12H13NO2/c1-8(14)10-6-9-4-3-5-13-12(9)11(7-10)15-2/h3-8,14H,1-2H3. The van der Waals surface area contributed by atoms with Crippen LogP contribution in [0.1, 0.15) is 18.6 Å². The van der Waals surface area contributed by atoms with E-state index in [-0.39, 0.29) is 0 Å². The highest BCUT2D eigenvalue weighted by atomic mass is 16.5. The quantitative estimate of drug-likeness (QED) is 0.814. The Balaban J connectivity index is 2.71. The topological polar surface area (TPSA) is 42.4 Å². The van der Waals surface area contributed by atoms with Crippen LogP contribution in [0, 0.1) is 0 Å². The molecule has 1 heterocycles. The normalized spacial score (nSPS) is 12.7. The summed E-state index contributed by atoms with van der Waals surface area (Å²) in [7, 11) is 1.61.